The highest BCUT2D eigenvalue weighted by Crippen LogP contribution is 2.26. The van der Waals surface area contributed by atoms with E-state index in [4.69, 9.17) is 4.74 Å². The van der Waals surface area contributed by atoms with Crippen molar-refractivity contribution in [1.82, 2.24) is 0 Å². The van der Waals surface area contributed by atoms with Gasteiger partial charge in [0.05, 0.1) is 12.7 Å². The van der Waals surface area contributed by atoms with Crippen LogP contribution in [0, 0.1) is 13.8 Å². The molecule has 0 atom stereocenters. The number of carbonyl (C=O) groups is 1. The topological polar surface area (TPSA) is 35.5 Å². The Hall–Kier alpha value is -1.63. The fraction of sp³-hybridized carbons (Fsp3) is 0.500. The summed E-state index contributed by atoms with van der Waals surface area (Å²) in [5.41, 5.74) is 1.66. The van der Waals surface area contributed by atoms with E-state index in [0.29, 0.717) is 11.3 Å². The maximum atomic E-state index is 12.7. The summed E-state index contributed by atoms with van der Waals surface area (Å²) in [5.74, 6) is -4.58. The van der Waals surface area contributed by atoms with Crippen LogP contribution in [0.15, 0.2) is 12.1 Å². The molecule has 0 N–H and O–H groups in total. The van der Waals surface area contributed by atoms with Crippen molar-refractivity contribution in [3.63, 3.8) is 0 Å². The fourth-order valence-corrected chi connectivity index (χ4v) is 1.86. The minimum atomic E-state index is -4.27. The molecule has 0 aliphatic carbocycles. The Morgan fingerprint density at radius 2 is 1.90 bits per heavy atom. The van der Waals surface area contributed by atoms with Crippen LogP contribution >= 0.6 is 0 Å². The molecule has 0 amide bonds. The molecular formula is C14H16F4O3. The summed E-state index contributed by atoms with van der Waals surface area (Å²) < 4.78 is 58.7. The first-order chi connectivity index (χ1) is 9.69. The number of rotatable bonds is 7. The average Bonchev–Trinajstić information content (AvgIpc) is 2.36. The third kappa shape index (κ3) is 4.42. The lowest BCUT2D eigenvalue weighted by Gasteiger charge is -2.16. The van der Waals surface area contributed by atoms with Gasteiger partial charge in [-0.15, -0.1) is 0 Å². The molecule has 0 aliphatic rings. The molecule has 1 rings (SSSR count). The van der Waals surface area contributed by atoms with Gasteiger partial charge >= 0.3 is 12.3 Å². The number of alkyl halides is 4. The van der Waals surface area contributed by atoms with E-state index in [1.807, 2.05) is 6.92 Å². The molecule has 0 unspecified atom stereocenters. The minimum absolute atomic E-state index is 0.198. The van der Waals surface area contributed by atoms with Crippen LogP contribution in [0.4, 0.5) is 17.6 Å². The summed E-state index contributed by atoms with van der Waals surface area (Å²) >= 11 is 0. The smallest absolute Gasteiger partial charge is 0.330 e. The van der Waals surface area contributed by atoms with E-state index < -0.39 is 31.3 Å². The molecule has 3 nitrogen and oxygen atoms in total. The largest absolute Gasteiger partial charge is 0.496 e. The monoisotopic (exact) mass is 308 g/mol. The SMILES string of the molecule is COc1cc(C)cc(C)c1C(=O)COCC(F)(F)C(F)F. The van der Waals surface area contributed by atoms with Crippen molar-refractivity contribution in [3.8, 4) is 5.75 Å². The Labute approximate surface area is 119 Å². The minimum Gasteiger partial charge on any atom is -0.496 e. The zero-order valence-electron chi connectivity index (χ0n) is 11.9. The van der Waals surface area contributed by atoms with Crippen LogP contribution in [0.3, 0.4) is 0 Å². The van der Waals surface area contributed by atoms with E-state index in [9.17, 15) is 22.4 Å². The Kier molecular flexibility index (Phi) is 5.71. The van der Waals surface area contributed by atoms with Crippen molar-refractivity contribution in [1.29, 1.82) is 0 Å². The van der Waals surface area contributed by atoms with Gasteiger partial charge in [-0.05, 0) is 31.0 Å². The van der Waals surface area contributed by atoms with Crippen LogP contribution in [0.2, 0.25) is 0 Å². The molecule has 0 radical (unpaired) electrons. The standard InChI is InChI=1S/C14H16F4O3/c1-8-4-9(2)12(11(5-8)20-3)10(19)6-21-7-14(17,18)13(15)16/h4-5,13H,6-7H2,1-3H3. The number of aryl methyl sites for hydroxylation is 2. The number of methoxy groups -OCH3 is 1. The molecule has 21 heavy (non-hydrogen) atoms. The number of hydrogen-bond acceptors (Lipinski definition) is 3. The molecule has 0 aliphatic heterocycles. The van der Waals surface area contributed by atoms with Gasteiger partial charge in [0.15, 0.2) is 5.78 Å². The van der Waals surface area contributed by atoms with Gasteiger partial charge in [-0.1, -0.05) is 6.07 Å². The Morgan fingerprint density at radius 1 is 1.29 bits per heavy atom. The van der Waals surface area contributed by atoms with Gasteiger partial charge in [0.1, 0.15) is 19.0 Å². The lowest BCUT2D eigenvalue weighted by atomic mass is 10.0. The van der Waals surface area contributed by atoms with E-state index in [2.05, 4.69) is 4.74 Å². The van der Waals surface area contributed by atoms with E-state index in [-0.39, 0.29) is 5.56 Å². The maximum Gasteiger partial charge on any atom is 0.330 e. The lowest BCUT2D eigenvalue weighted by molar-refractivity contribution is -0.163. The fourth-order valence-electron chi connectivity index (χ4n) is 1.86. The maximum absolute atomic E-state index is 12.7. The summed E-state index contributed by atoms with van der Waals surface area (Å²) in [4.78, 5) is 12.0. The molecule has 1 aromatic carbocycles. The molecule has 0 saturated carbocycles. The van der Waals surface area contributed by atoms with Gasteiger partial charge in [0.2, 0.25) is 0 Å². The first-order valence-electron chi connectivity index (χ1n) is 6.11. The molecule has 118 valence electrons. The second-order valence-electron chi connectivity index (χ2n) is 4.64. The number of carbonyl (C=O) groups excluding carboxylic acids is 1. The van der Waals surface area contributed by atoms with Crippen LogP contribution in [-0.2, 0) is 4.74 Å². The molecule has 1 aromatic rings. The molecular weight excluding hydrogens is 292 g/mol. The molecule has 0 saturated heterocycles. The molecule has 7 heteroatoms. The average molecular weight is 308 g/mol. The van der Waals surface area contributed by atoms with Crippen LogP contribution < -0.4 is 4.74 Å². The third-order valence-electron chi connectivity index (χ3n) is 2.79. The van der Waals surface area contributed by atoms with Crippen molar-refractivity contribution in [2.75, 3.05) is 20.3 Å². The predicted octanol–water partition coefficient (Wildman–Crippen LogP) is 3.41. The van der Waals surface area contributed by atoms with Crippen LogP contribution in [0.1, 0.15) is 21.5 Å². The molecule has 0 aromatic heterocycles. The summed E-state index contributed by atoms with van der Waals surface area (Å²) in [7, 11) is 1.37. The van der Waals surface area contributed by atoms with Crippen LogP contribution in [-0.4, -0.2) is 38.5 Å². The Bertz CT molecular complexity index is 515. The van der Waals surface area contributed by atoms with Gasteiger partial charge in [0, 0.05) is 0 Å². The number of halogens is 4. The predicted molar refractivity (Wildman–Crippen MR) is 68.6 cm³/mol. The van der Waals surface area contributed by atoms with E-state index in [0.717, 1.165) is 5.56 Å². The van der Waals surface area contributed by atoms with E-state index in [1.54, 1.807) is 19.1 Å². The number of Topliss-reactive ketones (excluding diaryl/α,β-unsaturated/α-hetero) is 1. The highest BCUT2D eigenvalue weighted by atomic mass is 19.3. The Balaban J connectivity index is 2.77. The van der Waals surface area contributed by atoms with Gasteiger partial charge in [-0.2, -0.15) is 8.78 Å². The second-order valence-corrected chi connectivity index (χ2v) is 4.64. The lowest BCUT2D eigenvalue weighted by Crippen LogP contribution is -2.33. The number of ketones is 1. The first kappa shape index (κ1) is 17.4. The normalized spacial score (nSPS) is 11.8. The summed E-state index contributed by atoms with van der Waals surface area (Å²) in [6.07, 6.45) is -3.83. The molecule has 0 heterocycles. The zero-order chi connectivity index (χ0) is 16.2. The Morgan fingerprint density at radius 3 is 2.43 bits per heavy atom. The van der Waals surface area contributed by atoms with Gasteiger partial charge < -0.3 is 9.47 Å². The summed E-state index contributed by atoms with van der Waals surface area (Å²) in [6, 6.07) is 3.34. The van der Waals surface area contributed by atoms with Crippen molar-refractivity contribution in [2.45, 2.75) is 26.2 Å². The van der Waals surface area contributed by atoms with Crippen molar-refractivity contribution < 1.29 is 31.8 Å². The third-order valence-corrected chi connectivity index (χ3v) is 2.79. The van der Waals surface area contributed by atoms with Crippen molar-refractivity contribution in [3.05, 3.63) is 28.8 Å². The highest BCUT2D eigenvalue weighted by Gasteiger charge is 2.41. The quantitative estimate of drug-likeness (QED) is 0.572. The number of benzene rings is 1. The zero-order valence-corrected chi connectivity index (χ0v) is 11.9. The van der Waals surface area contributed by atoms with E-state index in [1.165, 1.54) is 7.11 Å². The van der Waals surface area contributed by atoms with Crippen LogP contribution in [0.25, 0.3) is 0 Å². The van der Waals surface area contributed by atoms with Gasteiger partial charge in [-0.3, -0.25) is 4.79 Å². The molecule has 0 bridgehead atoms. The first-order valence-corrected chi connectivity index (χ1v) is 6.11. The van der Waals surface area contributed by atoms with Gasteiger partial charge in [-0.25, -0.2) is 8.78 Å². The molecule has 0 spiro atoms. The van der Waals surface area contributed by atoms with Crippen LogP contribution in [0.5, 0.6) is 5.75 Å². The molecule has 0 fully saturated rings. The van der Waals surface area contributed by atoms with Crippen molar-refractivity contribution in [2.24, 2.45) is 0 Å². The second kappa shape index (κ2) is 6.89. The number of ether oxygens (including phenoxy) is 2. The van der Waals surface area contributed by atoms with E-state index >= 15 is 0 Å². The van der Waals surface area contributed by atoms with Crippen molar-refractivity contribution >= 4 is 5.78 Å². The summed E-state index contributed by atoms with van der Waals surface area (Å²) in [6.45, 7) is 1.24. The summed E-state index contributed by atoms with van der Waals surface area (Å²) in [5, 5.41) is 0. The highest BCUT2D eigenvalue weighted by molar-refractivity contribution is 6.01. The number of hydrogen-bond donors (Lipinski definition) is 0. The van der Waals surface area contributed by atoms with Gasteiger partial charge in [0.25, 0.3) is 0 Å².